The van der Waals surface area contributed by atoms with E-state index in [1.807, 2.05) is 5.10 Å². The summed E-state index contributed by atoms with van der Waals surface area (Å²) in [6.07, 6.45) is 2.66. The third-order valence-electron chi connectivity index (χ3n) is 6.36. The highest BCUT2D eigenvalue weighted by atomic mass is 35.5. The first-order chi connectivity index (χ1) is 18.1. The van der Waals surface area contributed by atoms with Gasteiger partial charge in [-0.1, -0.05) is 11.6 Å². The molecule has 0 amide bonds. The fraction of sp³-hybridized carbons (Fsp3) is 0.333. The lowest BCUT2D eigenvalue weighted by atomic mass is 10.1. The predicted octanol–water partition coefficient (Wildman–Crippen LogP) is 4.42. The largest absolute Gasteiger partial charge is 0.423 e. The monoisotopic (exact) mass is 549 g/mol. The summed E-state index contributed by atoms with van der Waals surface area (Å²) in [6.45, 7) is 0.218. The minimum atomic E-state index is -4.84. The second kappa shape index (κ2) is 10.1. The molecule has 9 nitrogen and oxygen atoms in total. The Labute approximate surface area is 216 Å². The molecule has 1 aliphatic carbocycles. The second-order valence-electron chi connectivity index (χ2n) is 9.03. The average Bonchev–Trinajstić information content (AvgIpc) is 3.70. The molecule has 38 heavy (non-hydrogen) atoms. The van der Waals surface area contributed by atoms with Gasteiger partial charge in [-0.15, -0.1) is 0 Å². The molecule has 5 rings (SSSR count). The summed E-state index contributed by atoms with van der Waals surface area (Å²) in [6, 6.07) is 2.13. The highest BCUT2D eigenvalue weighted by Crippen LogP contribution is 2.38. The molecule has 0 aliphatic heterocycles. The van der Waals surface area contributed by atoms with Gasteiger partial charge in [0.1, 0.15) is 11.4 Å². The number of anilines is 1. The number of H-pyrrole nitrogens is 1. The molecule has 14 heteroatoms. The van der Waals surface area contributed by atoms with Crippen molar-refractivity contribution >= 4 is 28.2 Å². The minimum Gasteiger partial charge on any atom is -0.380 e. The third-order valence-corrected chi connectivity index (χ3v) is 6.55. The van der Waals surface area contributed by atoms with Gasteiger partial charge in [-0.3, -0.25) is 14.2 Å². The van der Waals surface area contributed by atoms with Crippen LogP contribution in [0.3, 0.4) is 0 Å². The lowest BCUT2D eigenvalue weighted by molar-refractivity contribution is -0.138. The summed E-state index contributed by atoms with van der Waals surface area (Å²) in [7, 11) is 0. The Morgan fingerprint density at radius 2 is 1.87 bits per heavy atom. The number of fused-ring (bicyclic) bond motifs is 1. The zero-order valence-corrected chi connectivity index (χ0v) is 20.4. The number of aromatic nitrogens is 6. The van der Waals surface area contributed by atoms with E-state index in [1.165, 1.54) is 29.4 Å². The maximum atomic E-state index is 14.8. The first kappa shape index (κ1) is 25.8. The Hall–Kier alpha value is -3.87. The van der Waals surface area contributed by atoms with Crippen molar-refractivity contribution < 1.29 is 17.6 Å². The third kappa shape index (κ3) is 5.37. The molecule has 0 bridgehead atoms. The topological polar surface area (TPSA) is 118 Å². The highest BCUT2D eigenvalue weighted by Gasteiger charge is 2.39. The zero-order valence-electron chi connectivity index (χ0n) is 19.6. The van der Waals surface area contributed by atoms with Crippen LogP contribution >= 0.6 is 11.6 Å². The SMILES string of the molecule is O=c1[nH]ncc(NC(CCCn2cnc3cc(-c4ncc(Cl)cn4)c(F)cc3c2=O)C2CC2)c1C(F)(F)F. The van der Waals surface area contributed by atoms with Crippen LogP contribution in [0, 0.1) is 11.7 Å². The number of nitrogens with one attached hydrogen (secondary N) is 2. The average molecular weight is 550 g/mol. The predicted molar refractivity (Wildman–Crippen MR) is 131 cm³/mol. The molecule has 2 N–H and O–H groups in total. The van der Waals surface area contributed by atoms with Crippen LogP contribution in [0.5, 0.6) is 0 Å². The Morgan fingerprint density at radius 1 is 1.13 bits per heavy atom. The van der Waals surface area contributed by atoms with Crippen molar-refractivity contribution in [3.63, 3.8) is 0 Å². The number of hydrogen-bond acceptors (Lipinski definition) is 7. The summed E-state index contributed by atoms with van der Waals surface area (Å²) < 4.78 is 56.4. The summed E-state index contributed by atoms with van der Waals surface area (Å²) >= 11 is 5.78. The molecule has 1 aromatic carbocycles. The van der Waals surface area contributed by atoms with E-state index in [9.17, 15) is 27.2 Å². The number of benzene rings is 1. The Kier molecular flexibility index (Phi) is 6.86. The second-order valence-corrected chi connectivity index (χ2v) is 9.47. The molecule has 0 spiro atoms. The van der Waals surface area contributed by atoms with E-state index in [1.54, 1.807) is 0 Å². The number of hydrogen-bond donors (Lipinski definition) is 2. The summed E-state index contributed by atoms with van der Waals surface area (Å²) in [5.41, 5.74) is -3.13. The molecule has 198 valence electrons. The van der Waals surface area contributed by atoms with Crippen LogP contribution in [-0.4, -0.2) is 35.8 Å². The minimum absolute atomic E-state index is 0.0731. The fourth-order valence-electron chi connectivity index (χ4n) is 4.36. The van der Waals surface area contributed by atoms with Gasteiger partial charge in [0, 0.05) is 25.0 Å². The van der Waals surface area contributed by atoms with Crippen molar-refractivity contribution in [1.82, 2.24) is 29.7 Å². The van der Waals surface area contributed by atoms with Gasteiger partial charge in [0.2, 0.25) is 0 Å². The fourth-order valence-corrected chi connectivity index (χ4v) is 4.45. The van der Waals surface area contributed by atoms with Gasteiger partial charge in [0.15, 0.2) is 5.82 Å². The van der Waals surface area contributed by atoms with E-state index >= 15 is 0 Å². The van der Waals surface area contributed by atoms with Gasteiger partial charge in [0.05, 0.1) is 39.7 Å². The van der Waals surface area contributed by atoms with Crippen molar-refractivity contribution in [3.8, 4) is 11.4 Å². The number of aromatic amines is 1. The summed E-state index contributed by atoms with van der Waals surface area (Å²) in [4.78, 5) is 37.1. The molecule has 1 atom stereocenters. The smallest absolute Gasteiger partial charge is 0.380 e. The van der Waals surface area contributed by atoms with Crippen LogP contribution in [0.25, 0.3) is 22.3 Å². The van der Waals surface area contributed by atoms with Crippen molar-refractivity contribution in [2.45, 2.75) is 44.4 Å². The van der Waals surface area contributed by atoms with Crippen LogP contribution < -0.4 is 16.4 Å². The van der Waals surface area contributed by atoms with Crippen LogP contribution in [0.15, 0.2) is 46.6 Å². The Balaban J connectivity index is 1.32. The molecule has 0 saturated heterocycles. The lowest BCUT2D eigenvalue weighted by Gasteiger charge is -2.21. The Bertz CT molecular complexity index is 1600. The van der Waals surface area contributed by atoms with E-state index in [0.717, 1.165) is 25.1 Å². The van der Waals surface area contributed by atoms with E-state index in [2.05, 4.69) is 25.4 Å². The van der Waals surface area contributed by atoms with Gasteiger partial charge >= 0.3 is 6.18 Å². The normalized spacial score (nSPS) is 14.6. The van der Waals surface area contributed by atoms with Crippen LogP contribution in [-0.2, 0) is 12.7 Å². The molecule has 3 aromatic heterocycles. The van der Waals surface area contributed by atoms with E-state index in [-0.39, 0.29) is 46.5 Å². The zero-order chi connectivity index (χ0) is 27.0. The maximum absolute atomic E-state index is 14.8. The van der Waals surface area contributed by atoms with Gasteiger partial charge < -0.3 is 5.32 Å². The van der Waals surface area contributed by atoms with E-state index in [4.69, 9.17) is 11.6 Å². The maximum Gasteiger partial charge on any atom is 0.423 e. The van der Waals surface area contributed by atoms with E-state index < -0.39 is 28.7 Å². The number of nitrogens with zero attached hydrogens (tertiary/aromatic N) is 5. The first-order valence-corrected chi connectivity index (χ1v) is 12.1. The quantitative estimate of drug-likeness (QED) is 0.312. The van der Waals surface area contributed by atoms with Crippen molar-refractivity contribution in [2.75, 3.05) is 5.32 Å². The van der Waals surface area contributed by atoms with Gasteiger partial charge in [-0.05, 0) is 43.7 Å². The number of rotatable bonds is 8. The summed E-state index contributed by atoms with van der Waals surface area (Å²) in [5, 5.41) is 8.53. The molecule has 1 fully saturated rings. The first-order valence-electron chi connectivity index (χ1n) is 11.7. The molecule has 3 heterocycles. The molecule has 1 unspecified atom stereocenters. The summed E-state index contributed by atoms with van der Waals surface area (Å²) in [5.74, 6) is -0.450. The lowest BCUT2D eigenvalue weighted by Crippen LogP contribution is -2.30. The molecule has 0 radical (unpaired) electrons. The van der Waals surface area contributed by atoms with Crippen molar-refractivity contribution in [3.05, 3.63) is 74.2 Å². The van der Waals surface area contributed by atoms with Gasteiger partial charge in [0.25, 0.3) is 11.1 Å². The molecule has 1 saturated carbocycles. The van der Waals surface area contributed by atoms with E-state index in [0.29, 0.717) is 17.9 Å². The van der Waals surface area contributed by atoms with Gasteiger partial charge in [-0.25, -0.2) is 24.4 Å². The molecular weight excluding hydrogens is 530 g/mol. The van der Waals surface area contributed by atoms with Crippen LogP contribution in [0.1, 0.15) is 31.2 Å². The molecule has 4 aromatic rings. The molecular formula is C24H20ClF4N7O2. The van der Waals surface area contributed by atoms with Crippen molar-refractivity contribution in [2.24, 2.45) is 5.92 Å². The van der Waals surface area contributed by atoms with Crippen LogP contribution in [0.2, 0.25) is 5.02 Å². The Morgan fingerprint density at radius 3 is 2.55 bits per heavy atom. The van der Waals surface area contributed by atoms with Gasteiger partial charge in [-0.2, -0.15) is 18.3 Å². The standard InChI is InChI=1S/C24H20ClF4N7O2/c25-13-8-30-21(31-9-13)14-7-18-15(6-16(14)26)23(38)36(11-32-18)5-1-2-17(12-3-4-12)34-19-10-33-35-22(37)20(19)24(27,28)29/h6-12,17H,1-5H2,(H2,34,35,37). The number of aryl methyl sites for hydroxylation is 1. The number of halogens is 5. The van der Waals surface area contributed by atoms with Crippen LogP contribution in [0.4, 0.5) is 23.2 Å². The highest BCUT2D eigenvalue weighted by molar-refractivity contribution is 6.30. The van der Waals surface area contributed by atoms with Crippen molar-refractivity contribution in [1.29, 1.82) is 0 Å². The molecule has 1 aliphatic rings. The number of alkyl halides is 3.